The molecule has 3 aromatic carbocycles. The second-order valence-electron chi connectivity index (χ2n) is 6.86. The molecule has 0 spiro atoms. The molecule has 2 heteroatoms. The van der Waals surface area contributed by atoms with Gasteiger partial charge >= 0.3 is 151 Å². The van der Waals surface area contributed by atoms with Crippen molar-refractivity contribution in [3.63, 3.8) is 0 Å². The van der Waals surface area contributed by atoms with E-state index in [1.165, 1.54) is 48.3 Å². The normalized spacial score (nSPS) is 16.5. The van der Waals surface area contributed by atoms with E-state index in [1.807, 2.05) is 0 Å². The zero-order chi connectivity index (χ0) is 17.0. The van der Waals surface area contributed by atoms with Crippen LogP contribution >= 0.6 is 7.41 Å². The molecule has 1 aliphatic heterocycles. The molecule has 1 aliphatic rings. The Balaban J connectivity index is 2.01. The second kappa shape index (κ2) is 7.52. The first kappa shape index (κ1) is 16.5. The molecule has 0 bridgehead atoms. The molecule has 0 aliphatic carbocycles. The van der Waals surface area contributed by atoms with Crippen LogP contribution in [-0.2, 0) is 0 Å². The van der Waals surface area contributed by atoms with Gasteiger partial charge in [-0.05, 0) is 0 Å². The number of piperidine rings is 1. The summed E-state index contributed by atoms with van der Waals surface area (Å²) in [4.78, 5) is 0. The molecule has 0 N–H and O–H groups in total. The van der Waals surface area contributed by atoms with Crippen LogP contribution in [0.3, 0.4) is 0 Å². The second-order valence-corrected chi connectivity index (χ2v) is 10.6. The molecule has 25 heavy (non-hydrogen) atoms. The topological polar surface area (TPSA) is 3.24 Å². The molecule has 1 saturated heterocycles. The minimum absolute atomic E-state index is 1.20. The predicted octanol–water partition coefficient (Wildman–Crippen LogP) is 4.11. The average molecular weight is 347 g/mol. The van der Waals surface area contributed by atoms with Gasteiger partial charge in [0.2, 0.25) is 0 Å². The van der Waals surface area contributed by atoms with Crippen LogP contribution in [0.1, 0.15) is 19.3 Å². The van der Waals surface area contributed by atoms with Gasteiger partial charge in [-0.2, -0.15) is 0 Å². The Morgan fingerprint density at radius 1 is 0.480 bits per heavy atom. The molecule has 0 saturated carbocycles. The number of nitrogens with zero attached hydrogens (tertiary/aromatic N) is 1. The molecule has 0 radical (unpaired) electrons. The summed E-state index contributed by atoms with van der Waals surface area (Å²) in [6.07, 6.45) is 3.97. The van der Waals surface area contributed by atoms with E-state index in [4.69, 9.17) is 0 Å². The minimum atomic E-state index is -2.19. The van der Waals surface area contributed by atoms with Crippen molar-refractivity contribution in [1.82, 2.24) is 4.67 Å². The Kier molecular flexibility index (Phi) is 4.97. The summed E-state index contributed by atoms with van der Waals surface area (Å²) in [7, 11) is -2.19. The predicted molar refractivity (Wildman–Crippen MR) is 112 cm³/mol. The van der Waals surface area contributed by atoms with E-state index in [0.29, 0.717) is 0 Å². The Labute approximate surface area is 151 Å². The van der Waals surface area contributed by atoms with Gasteiger partial charge in [0.1, 0.15) is 0 Å². The van der Waals surface area contributed by atoms with E-state index in [-0.39, 0.29) is 0 Å². The van der Waals surface area contributed by atoms with Crippen molar-refractivity contribution >= 4 is 23.3 Å². The third kappa shape index (κ3) is 3.03. The van der Waals surface area contributed by atoms with Crippen molar-refractivity contribution in [3.8, 4) is 0 Å². The third-order valence-electron chi connectivity index (χ3n) is 5.41. The fourth-order valence-electron chi connectivity index (χ4n) is 4.32. The van der Waals surface area contributed by atoms with Gasteiger partial charge in [-0.3, -0.25) is 0 Å². The van der Waals surface area contributed by atoms with Crippen LogP contribution in [0.15, 0.2) is 91.0 Å². The molecule has 1 nitrogen and oxygen atoms in total. The summed E-state index contributed by atoms with van der Waals surface area (Å²) in [5.74, 6) is 0. The van der Waals surface area contributed by atoms with E-state index in [2.05, 4.69) is 95.7 Å². The van der Waals surface area contributed by atoms with Gasteiger partial charge in [-0.1, -0.05) is 0 Å². The molecule has 0 unspecified atom stereocenters. The molecule has 1 heterocycles. The van der Waals surface area contributed by atoms with Crippen LogP contribution in [0.5, 0.6) is 0 Å². The maximum absolute atomic E-state index is 2.83. The number of hydrogen-bond acceptors (Lipinski definition) is 1. The Morgan fingerprint density at radius 3 is 1.20 bits per heavy atom. The van der Waals surface area contributed by atoms with E-state index >= 15 is 0 Å². The van der Waals surface area contributed by atoms with Crippen LogP contribution in [0.25, 0.3) is 0 Å². The quantitative estimate of drug-likeness (QED) is 0.642. The van der Waals surface area contributed by atoms with E-state index in [1.54, 1.807) is 0 Å². The van der Waals surface area contributed by atoms with E-state index in [9.17, 15) is 0 Å². The molecule has 128 valence electrons. The first-order chi connectivity index (χ1) is 12.4. The summed E-state index contributed by atoms with van der Waals surface area (Å²) >= 11 is 0. The summed E-state index contributed by atoms with van der Waals surface area (Å²) in [6.45, 7) is 2.40. The van der Waals surface area contributed by atoms with Crippen molar-refractivity contribution in [3.05, 3.63) is 91.0 Å². The summed E-state index contributed by atoms with van der Waals surface area (Å²) < 4.78 is 2.83. The van der Waals surface area contributed by atoms with Gasteiger partial charge in [0.15, 0.2) is 0 Å². The molecule has 3 aromatic rings. The Bertz CT molecular complexity index is 683. The average Bonchev–Trinajstić information content (AvgIpc) is 2.72. The number of rotatable bonds is 4. The van der Waals surface area contributed by atoms with Gasteiger partial charge in [0, 0.05) is 0 Å². The van der Waals surface area contributed by atoms with Crippen LogP contribution < -0.4 is 15.9 Å². The Morgan fingerprint density at radius 2 is 0.840 bits per heavy atom. The molecular weight excluding hydrogens is 321 g/mol. The van der Waals surface area contributed by atoms with Crippen molar-refractivity contribution in [2.45, 2.75) is 19.3 Å². The van der Waals surface area contributed by atoms with Crippen molar-refractivity contribution in [2.24, 2.45) is 0 Å². The van der Waals surface area contributed by atoms with Gasteiger partial charge in [0.25, 0.3) is 0 Å². The first-order valence-electron chi connectivity index (χ1n) is 9.34. The van der Waals surface area contributed by atoms with Gasteiger partial charge in [-0.25, -0.2) is 0 Å². The summed E-state index contributed by atoms with van der Waals surface area (Å²) in [6, 6.07) is 33.7. The van der Waals surface area contributed by atoms with Crippen LogP contribution in [0.4, 0.5) is 0 Å². The standard InChI is InChI=1S/C23H26NP/c1-5-13-21(14-6-1)25(22-15-7-2-8-16-22,23-17-9-3-10-18-23)24-19-11-4-12-20-24/h1-3,5-10,13-18,25H,4,11-12,19-20H2. The molecule has 0 aromatic heterocycles. The molecule has 0 amide bonds. The summed E-state index contributed by atoms with van der Waals surface area (Å²) in [5.41, 5.74) is 0. The summed E-state index contributed by atoms with van der Waals surface area (Å²) in [5, 5.41) is 4.48. The van der Waals surface area contributed by atoms with Crippen LogP contribution in [0, 0.1) is 0 Å². The number of hydrogen-bond donors (Lipinski definition) is 0. The van der Waals surface area contributed by atoms with Gasteiger partial charge in [0.05, 0.1) is 0 Å². The fraction of sp³-hybridized carbons (Fsp3) is 0.217. The first-order valence-corrected chi connectivity index (χ1v) is 11.3. The van der Waals surface area contributed by atoms with Crippen molar-refractivity contribution < 1.29 is 0 Å². The monoisotopic (exact) mass is 347 g/mol. The van der Waals surface area contributed by atoms with E-state index in [0.717, 1.165) is 0 Å². The molecular formula is C23H26NP. The van der Waals surface area contributed by atoms with Crippen molar-refractivity contribution in [2.75, 3.05) is 13.1 Å². The maximum atomic E-state index is 2.83. The SMILES string of the molecule is c1ccc([PH](c2ccccc2)(c2ccccc2)N2CCCCC2)cc1. The van der Waals surface area contributed by atoms with Crippen LogP contribution in [-0.4, -0.2) is 17.8 Å². The molecule has 4 rings (SSSR count). The van der Waals surface area contributed by atoms with Gasteiger partial charge < -0.3 is 0 Å². The van der Waals surface area contributed by atoms with Gasteiger partial charge in [-0.15, -0.1) is 0 Å². The third-order valence-corrected chi connectivity index (χ3v) is 10.3. The van der Waals surface area contributed by atoms with E-state index < -0.39 is 7.41 Å². The van der Waals surface area contributed by atoms with Crippen molar-refractivity contribution in [1.29, 1.82) is 0 Å². The Hall–Kier alpha value is -1.95. The zero-order valence-corrected chi connectivity index (χ0v) is 15.6. The van der Waals surface area contributed by atoms with Crippen LogP contribution in [0.2, 0.25) is 0 Å². The molecule has 0 atom stereocenters. The molecule has 1 fully saturated rings. The number of benzene rings is 3. The fourth-order valence-corrected chi connectivity index (χ4v) is 9.42. The zero-order valence-electron chi connectivity index (χ0n) is 14.6.